The molecule has 4 rings (SSSR count). The van der Waals surface area contributed by atoms with Crippen molar-refractivity contribution in [2.45, 2.75) is 45.6 Å². The molecular formula is C18H28NO2+. The van der Waals surface area contributed by atoms with Gasteiger partial charge in [0.05, 0.1) is 20.6 Å². The van der Waals surface area contributed by atoms with Crippen molar-refractivity contribution in [3.8, 4) is 0 Å². The Hall–Kier alpha value is -0.830. The predicted molar refractivity (Wildman–Crippen MR) is 80.8 cm³/mol. The molecule has 116 valence electrons. The summed E-state index contributed by atoms with van der Waals surface area (Å²) in [7, 11) is 4.27. The van der Waals surface area contributed by atoms with E-state index in [0.29, 0.717) is 22.7 Å². The van der Waals surface area contributed by atoms with E-state index in [-0.39, 0.29) is 18.0 Å². The molecule has 0 amide bonds. The molecule has 3 fully saturated rings. The molecule has 3 heteroatoms. The fourth-order valence-electron chi connectivity index (χ4n) is 5.95. The molecule has 2 saturated carbocycles. The van der Waals surface area contributed by atoms with Gasteiger partial charge in [0.15, 0.2) is 0 Å². The summed E-state index contributed by atoms with van der Waals surface area (Å²) in [6.07, 6.45) is 7.59. The Kier molecular flexibility index (Phi) is 2.71. The number of nitrogens with one attached hydrogen (secondary N) is 1. The Morgan fingerprint density at radius 3 is 2.90 bits per heavy atom. The van der Waals surface area contributed by atoms with Crippen LogP contribution >= 0.6 is 0 Å². The van der Waals surface area contributed by atoms with Crippen LogP contribution in [0.3, 0.4) is 0 Å². The minimum absolute atomic E-state index is 0.0744. The molecule has 1 saturated heterocycles. The number of hydrogen-bond donors (Lipinski definition) is 1. The van der Waals surface area contributed by atoms with Gasteiger partial charge in [-0.1, -0.05) is 18.6 Å². The average Bonchev–Trinajstić information content (AvgIpc) is 2.71. The first-order valence-electron chi connectivity index (χ1n) is 8.54. The molecular weight excluding hydrogens is 262 g/mol. The summed E-state index contributed by atoms with van der Waals surface area (Å²) in [6, 6.07) is 0. The van der Waals surface area contributed by atoms with Gasteiger partial charge in [-0.05, 0) is 43.4 Å². The minimum atomic E-state index is 0.0744. The number of fused-ring (bicyclic) bond motifs is 2. The number of carbonyl (C=O) groups excluding carboxylic acids is 1. The molecule has 1 aliphatic heterocycles. The van der Waals surface area contributed by atoms with Gasteiger partial charge in [0.1, 0.15) is 12.0 Å². The van der Waals surface area contributed by atoms with Gasteiger partial charge in [-0.3, -0.25) is 4.79 Å². The minimum Gasteiger partial charge on any atom is -0.461 e. The molecule has 0 unspecified atom stereocenters. The zero-order valence-corrected chi connectivity index (χ0v) is 13.7. The van der Waals surface area contributed by atoms with Gasteiger partial charge in [0.2, 0.25) is 0 Å². The van der Waals surface area contributed by atoms with Gasteiger partial charge in [-0.2, -0.15) is 0 Å². The number of carbonyl (C=O) groups is 1. The molecule has 3 nitrogen and oxygen atoms in total. The van der Waals surface area contributed by atoms with Crippen LogP contribution in [0.1, 0.15) is 39.5 Å². The van der Waals surface area contributed by atoms with Gasteiger partial charge >= 0.3 is 5.97 Å². The van der Waals surface area contributed by atoms with Crippen molar-refractivity contribution in [1.82, 2.24) is 0 Å². The summed E-state index contributed by atoms with van der Waals surface area (Å²) in [5.41, 5.74) is 2.41. The average molecular weight is 290 g/mol. The van der Waals surface area contributed by atoms with E-state index in [1.807, 2.05) is 0 Å². The SMILES string of the molecule is CC1=CC[C@@]23C[C@]2(C)CC[C@@H]2[C@H](OC(=O)[C@H]2C[NH+](C)C)[C@@H]13. The molecule has 1 heterocycles. The molecule has 4 aliphatic rings. The first-order valence-corrected chi connectivity index (χ1v) is 8.54. The van der Waals surface area contributed by atoms with Crippen molar-refractivity contribution >= 4 is 5.97 Å². The van der Waals surface area contributed by atoms with Gasteiger partial charge in [0, 0.05) is 11.8 Å². The standard InChI is InChI=1S/C18H27NO2/c1-11-5-8-18-10-17(18,2)7-6-12-13(9-19(3)4)16(20)21-15(12)14(11)18/h5,12-15H,6-10H2,1-4H3/p+1/t12-,13-,14+,15-,17-,18-/m0/s1. The van der Waals surface area contributed by atoms with E-state index >= 15 is 0 Å². The van der Waals surface area contributed by atoms with E-state index < -0.39 is 0 Å². The van der Waals surface area contributed by atoms with Crippen molar-refractivity contribution in [1.29, 1.82) is 0 Å². The lowest BCUT2D eigenvalue weighted by Crippen LogP contribution is -3.06. The van der Waals surface area contributed by atoms with E-state index in [1.54, 1.807) is 0 Å². The fraction of sp³-hybridized carbons (Fsp3) is 0.833. The zero-order valence-electron chi connectivity index (χ0n) is 13.7. The topological polar surface area (TPSA) is 30.7 Å². The molecule has 0 bridgehead atoms. The number of quaternary nitrogens is 1. The van der Waals surface area contributed by atoms with Crippen LogP contribution < -0.4 is 4.90 Å². The lowest BCUT2D eigenvalue weighted by molar-refractivity contribution is -0.861. The van der Waals surface area contributed by atoms with Crippen LogP contribution in [0.25, 0.3) is 0 Å². The van der Waals surface area contributed by atoms with Crippen molar-refractivity contribution in [2.75, 3.05) is 20.6 Å². The molecule has 3 aliphatic carbocycles. The maximum atomic E-state index is 12.4. The number of ether oxygens (including phenoxy) is 1. The molecule has 1 N–H and O–H groups in total. The maximum Gasteiger partial charge on any atom is 0.315 e. The normalized spacial score (nSPS) is 50.9. The van der Waals surface area contributed by atoms with E-state index in [4.69, 9.17) is 4.74 Å². The van der Waals surface area contributed by atoms with Crippen LogP contribution in [0, 0.1) is 28.6 Å². The number of hydrogen-bond acceptors (Lipinski definition) is 2. The third-order valence-corrected chi connectivity index (χ3v) is 7.14. The lowest BCUT2D eigenvalue weighted by atomic mass is 9.76. The largest absolute Gasteiger partial charge is 0.461 e. The molecule has 6 atom stereocenters. The molecule has 1 spiro atoms. The Bertz CT molecular complexity index is 525. The lowest BCUT2D eigenvalue weighted by Gasteiger charge is -2.30. The second-order valence-electron chi connectivity index (χ2n) is 8.65. The zero-order chi connectivity index (χ0) is 15.0. The van der Waals surface area contributed by atoms with Gasteiger partial charge in [-0.15, -0.1) is 0 Å². The van der Waals surface area contributed by atoms with E-state index in [1.165, 1.54) is 36.2 Å². The number of rotatable bonds is 2. The molecule has 0 aromatic heterocycles. The molecule has 0 radical (unpaired) electrons. The van der Waals surface area contributed by atoms with Gasteiger partial charge in [-0.25, -0.2) is 0 Å². The van der Waals surface area contributed by atoms with Crippen molar-refractivity contribution < 1.29 is 14.4 Å². The van der Waals surface area contributed by atoms with Crippen LogP contribution in [-0.2, 0) is 9.53 Å². The monoisotopic (exact) mass is 290 g/mol. The predicted octanol–water partition coefficient (Wildman–Crippen LogP) is 1.45. The summed E-state index contributed by atoms with van der Waals surface area (Å²) < 4.78 is 5.99. The second kappa shape index (κ2) is 4.13. The molecule has 21 heavy (non-hydrogen) atoms. The Labute approximate surface area is 127 Å². The first kappa shape index (κ1) is 13.8. The molecule has 0 aromatic rings. The molecule has 0 aromatic carbocycles. The highest BCUT2D eigenvalue weighted by molar-refractivity contribution is 5.75. The van der Waals surface area contributed by atoms with Crippen molar-refractivity contribution in [3.05, 3.63) is 11.6 Å². The van der Waals surface area contributed by atoms with E-state index in [9.17, 15) is 4.79 Å². The van der Waals surface area contributed by atoms with E-state index in [2.05, 4.69) is 34.0 Å². The van der Waals surface area contributed by atoms with Crippen LogP contribution in [0.5, 0.6) is 0 Å². The van der Waals surface area contributed by atoms with E-state index in [0.717, 1.165) is 6.54 Å². The summed E-state index contributed by atoms with van der Waals surface area (Å²) in [5, 5.41) is 0. The number of esters is 1. The Morgan fingerprint density at radius 2 is 2.19 bits per heavy atom. The van der Waals surface area contributed by atoms with Crippen LogP contribution in [-0.4, -0.2) is 32.7 Å². The first-order chi connectivity index (χ1) is 9.88. The highest BCUT2D eigenvalue weighted by atomic mass is 16.6. The summed E-state index contributed by atoms with van der Waals surface area (Å²) >= 11 is 0. The van der Waals surface area contributed by atoms with Crippen molar-refractivity contribution in [2.24, 2.45) is 28.6 Å². The summed E-state index contributed by atoms with van der Waals surface area (Å²) in [6.45, 7) is 5.65. The smallest absolute Gasteiger partial charge is 0.315 e. The summed E-state index contributed by atoms with van der Waals surface area (Å²) in [4.78, 5) is 13.8. The van der Waals surface area contributed by atoms with Crippen LogP contribution in [0.4, 0.5) is 0 Å². The maximum absolute atomic E-state index is 12.4. The Balaban J connectivity index is 1.69. The summed E-state index contributed by atoms with van der Waals surface area (Å²) in [5.74, 6) is 1.14. The second-order valence-corrected chi connectivity index (χ2v) is 8.65. The Morgan fingerprint density at radius 1 is 1.43 bits per heavy atom. The highest BCUT2D eigenvalue weighted by Crippen LogP contribution is 2.78. The quantitative estimate of drug-likeness (QED) is 0.616. The third kappa shape index (κ3) is 1.67. The third-order valence-electron chi connectivity index (χ3n) is 7.14. The highest BCUT2D eigenvalue weighted by Gasteiger charge is 2.73. The van der Waals surface area contributed by atoms with Gasteiger partial charge in [0.25, 0.3) is 0 Å². The van der Waals surface area contributed by atoms with Gasteiger partial charge < -0.3 is 9.64 Å². The number of allylic oxidation sites excluding steroid dienone is 1. The van der Waals surface area contributed by atoms with Crippen LogP contribution in [0.2, 0.25) is 0 Å². The fourth-order valence-corrected chi connectivity index (χ4v) is 5.95. The van der Waals surface area contributed by atoms with Crippen LogP contribution in [0.15, 0.2) is 11.6 Å². The van der Waals surface area contributed by atoms with Crippen molar-refractivity contribution in [3.63, 3.8) is 0 Å².